The number of nitrogens with two attached hydrogens (primary N) is 1. The van der Waals surface area contributed by atoms with Gasteiger partial charge < -0.3 is 0 Å². The van der Waals surface area contributed by atoms with Crippen molar-refractivity contribution in [2.75, 3.05) is 0 Å². The molecule has 0 saturated carbocycles. The van der Waals surface area contributed by atoms with Crippen molar-refractivity contribution in [1.82, 2.24) is 4.83 Å². The van der Waals surface area contributed by atoms with Gasteiger partial charge in [0.05, 0.1) is 9.92 Å². The van der Waals surface area contributed by atoms with Gasteiger partial charge in [-0.05, 0) is 18.2 Å². The van der Waals surface area contributed by atoms with Gasteiger partial charge in [-0.15, -0.1) is 0 Å². The highest BCUT2D eigenvalue weighted by Crippen LogP contribution is 2.18. The lowest BCUT2D eigenvalue weighted by molar-refractivity contribution is 0.583. The summed E-state index contributed by atoms with van der Waals surface area (Å²) in [5.74, 6) is 4.07. The van der Waals surface area contributed by atoms with Crippen LogP contribution < -0.4 is 10.7 Å². The minimum absolute atomic E-state index is 0.179. The fourth-order valence-corrected chi connectivity index (χ4v) is 1.61. The Morgan fingerprint density at radius 1 is 1.46 bits per heavy atom. The van der Waals surface area contributed by atoms with E-state index in [-0.39, 0.29) is 9.92 Å². The van der Waals surface area contributed by atoms with Gasteiger partial charge in [-0.25, -0.2) is 12.8 Å². The van der Waals surface area contributed by atoms with Crippen LogP contribution in [0.1, 0.15) is 0 Å². The number of hydrazine groups is 1. The van der Waals surface area contributed by atoms with Crippen LogP contribution in [-0.2, 0) is 10.0 Å². The van der Waals surface area contributed by atoms with Crippen LogP contribution in [0.2, 0.25) is 5.02 Å². The average Bonchev–Trinajstić information content (AvgIpc) is 2.09. The van der Waals surface area contributed by atoms with E-state index in [0.29, 0.717) is 0 Å². The van der Waals surface area contributed by atoms with Crippen molar-refractivity contribution in [3.05, 3.63) is 29.0 Å². The lowest BCUT2D eigenvalue weighted by atomic mass is 10.3. The van der Waals surface area contributed by atoms with Gasteiger partial charge in [-0.2, -0.15) is 4.83 Å². The van der Waals surface area contributed by atoms with E-state index in [1.165, 1.54) is 0 Å². The highest BCUT2D eigenvalue weighted by atomic mass is 35.5. The van der Waals surface area contributed by atoms with Crippen LogP contribution in [-0.4, -0.2) is 8.42 Å². The van der Waals surface area contributed by atoms with Crippen molar-refractivity contribution in [3.8, 4) is 0 Å². The molecule has 1 aromatic carbocycles. The van der Waals surface area contributed by atoms with Gasteiger partial charge in [0.15, 0.2) is 0 Å². The molecule has 1 rings (SSSR count). The van der Waals surface area contributed by atoms with Crippen LogP contribution in [0, 0.1) is 5.82 Å². The van der Waals surface area contributed by atoms with Crippen LogP contribution in [0.25, 0.3) is 0 Å². The molecule has 0 bridgehead atoms. The quantitative estimate of drug-likeness (QED) is 0.572. The van der Waals surface area contributed by atoms with Gasteiger partial charge in [0, 0.05) is 0 Å². The third-order valence-corrected chi connectivity index (χ3v) is 2.83. The number of hydrogen-bond acceptors (Lipinski definition) is 3. The summed E-state index contributed by atoms with van der Waals surface area (Å²) in [5.41, 5.74) is 0. The molecule has 1 aromatic rings. The second kappa shape index (κ2) is 3.59. The molecule has 0 unspecified atom stereocenters. The molecular weight excluding hydrogens is 219 g/mol. The molecule has 72 valence electrons. The van der Waals surface area contributed by atoms with E-state index < -0.39 is 15.8 Å². The minimum Gasteiger partial charge on any atom is -0.257 e. The Morgan fingerprint density at radius 3 is 2.54 bits per heavy atom. The highest BCUT2D eigenvalue weighted by Gasteiger charge is 2.13. The maximum absolute atomic E-state index is 12.6. The summed E-state index contributed by atoms with van der Waals surface area (Å²) in [7, 11) is -3.76. The zero-order valence-electron chi connectivity index (χ0n) is 6.29. The zero-order chi connectivity index (χ0) is 10.1. The van der Waals surface area contributed by atoms with Gasteiger partial charge in [-0.1, -0.05) is 11.6 Å². The SMILES string of the molecule is NNS(=O)(=O)c1ccc(F)c(Cl)c1. The summed E-state index contributed by atoms with van der Waals surface area (Å²) in [6, 6.07) is 3.00. The van der Waals surface area contributed by atoms with E-state index in [4.69, 9.17) is 17.4 Å². The van der Waals surface area contributed by atoms with Crippen LogP contribution in [0.15, 0.2) is 23.1 Å². The Hall–Kier alpha value is -0.690. The second-order valence-electron chi connectivity index (χ2n) is 2.20. The van der Waals surface area contributed by atoms with E-state index in [1.807, 2.05) is 0 Å². The van der Waals surface area contributed by atoms with Crippen LogP contribution in [0.4, 0.5) is 4.39 Å². The Kier molecular flexibility index (Phi) is 2.87. The topological polar surface area (TPSA) is 72.2 Å². The maximum Gasteiger partial charge on any atom is 0.253 e. The van der Waals surface area contributed by atoms with Crippen LogP contribution >= 0.6 is 11.6 Å². The standard InChI is InChI=1S/C6H6ClFN2O2S/c7-5-3-4(1-2-6(5)8)13(11,12)10-9/h1-3,10H,9H2. The van der Waals surface area contributed by atoms with Crippen molar-refractivity contribution in [1.29, 1.82) is 0 Å². The molecule has 0 spiro atoms. The molecule has 0 atom stereocenters. The molecule has 0 aliphatic rings. The molecule has 0 aromatic heterocycles. The van der Waals surface area contributed by atoms with Crippen molar-refractivity contribution >= 4 is 21.6 Å². The smallest absolute Gasteiger partial charge is 0.253 e. The van der Waals surface area contributed by atoms with Crippen molar-refractivity contribution in [3.63, 3.8) is 0 Å². The molecule has 0 fully saturated rings. The van der Waals surface area contributed by atoms with Gasteiger partial charge >= 0.3 is 0 Å². The van der Waals surface area contributed by atoms with E-state index in [9.17, 15) is 12.8 Å². The molecular formula is C6H6ClFN2O2S. The highest BCUT2D eigenvalue weighted by molar-refractivity contribution is 7.89. The first-order chi connectivity index (χ1) is 5.97. The Balaban J connectivity index is 3.27. The molecule has 0 heterocycles. The molecule has 0 amide bonds. The normalized spacial score (nSPS) is 11.6. The number of rotatable bonds is 2. The van der Waals surface area contributed by atoms with E-state index >= 15 is 0 Å². The molecule has 4 nitrogen and oxygen atoms in total. The molecule has 0 aliphatic heterocycles. The third kappa shape index (κ3) is 2.16. The number of benzene rings is 1. The van der Waals surface area contributed by atoms with Crippen LogP contribution in [0.5, 0.6) is 0 Å². The molecule has 3 N–H and O–H groups in total. The lowest BCUT2D eigenvalue weighted by Gasteiger charge is -2.02. The molecule has 0 saturated heterocycles. The van der Waals surface area contributed by atoms with E-state index in [1.54, 1.807) is 4.83 Å². The number of hydrogen-bond donors (Lipinski definition) is 2. The van der Waals surface area contributed by atoms with Gasteiger partial charge in [0.2, 0.25) is 0 Å². The van der Waals surface area contributed by atoms with Crippen LogP contribution in [0.3, 0.4) is 0 Å². The predicted octanol–water partition coefficient (Wildman–Crippen LogP) is 0.631. The minimum atomic E-state index is -3.76. The molecule has 7 heteroatoms. The second-order valence-corrected chi connectivity index (χ2v) is 4.32. The Morgan fingerprint density at radius 2 is 2.08 bits per heavy atom. The number of nitrogens with one attached hydrogen (secondary N) is 1. The first-order valence-electron chi connectivity index (χ1n) is 3.15. The number of sulfonamides is 1. The molecule has 13 heavy (non-hydrogen) atoms. The largest absolute Gasteiger partial charge is 0.257 e. The summed E-state index contributed by atoms with van der Waals surface area (Å²) in [6.45, 7) is 0. The Bertz CT molecular complexity index is 421. The van der Waals surface area contributed by atoms with Crippen molar-refractivity contribution in [2.45, 2.75) is 4.90 Å². The Labute approximate surface area is 79.5 Å². The first kappa shape index (κ1) is 10.4. The van der Waals surface area contributed by atoms with Crippen molar-refractivity contribution < 1.29 is 12.8 Å². The predicted molar refractivity (Wildman–Crippen MR) is 45.9 cm³/mol. The first-order valence-corrected chi connectivity index (χ1v) is 5.01. The summed E-state index contributed by atoms with van der Waals surface area (Å²) in [5, 5.41) is -0.267. The fourth-order valence-electron chi connectivity index (χ4n) is 0.712. The van der Waals surface area contributed by atoms with Gasteiger partial charge in [0.25, 0.3) is 10.0 Å². The van der Waals surface area contributed by atoms with Crippen molar-refractivity contribution in [2.24, 2.45) is 5.84 Å². The molecule has 0 radical (unpaired) electrons. The summed E-state index contributed by atoms with van der Waals surface area (Å²) >= 11 is 5.37. The molecule has 0 aliphatic carbocycles. The summed E-state index contributed by atoms with van der Waals surface area (Å²) in [4.78, 5) is 1.42. The monoisotopic (exact) mass is 224 g/mol. The zero-order valence-corrected chi connectivity index (χ0v) is 7.86. The summed E-state index contributed by atoms with van der Waals surface area (Å²) < 4.78 is 34.7. The lowest BCUT2D eigenvalue weighted by Crippen LogP contribution is -2.30. The fraction of sp³-hybridized carbons (Fsp3) is 0. The summed E-state index contributed by atoms with van der Waals surface area (Å²) in [6.07, 6.45) is 0. The van der Waals surface area contributed by atoms with Gasteiger partial charge in [0.1, 0.15) is 5.82 Å². The number of halogens is 2. The third-order valence-electron chi connectivity index (χ3n) is 1.36. The average molecular weight is 225 g/mol. The van der Waals surface area contributed by atoms with Gasteiger partial charge in [-0.3, -0.25) is 5.84 Å². The maximum atomic E-state index is 12.6. The van der Waals surface area contributed by atoms with E-state index in [0.717, 1.165) is 18.2 Å². The van der Waals surface area contributed by atoms with E-state index in [2.05, 4.69) is 0 Å².